The maximum absolute atomic E-state index is 11.9. The van der Waals surface area contributed by atoms with Crippen LogP contribution in [0.4, 0.5) is 0 Å². The predicted octanol–water partition coefficient (Wildman–Crippen LogP) is 3.13. The standard InChI is InChI=1S/C12H22O4.2CH4/c1-6-10(2,3)9(13)16-11(4)7-12(5,14)15-8-11;;/h14H,6-8H2,1-5H3;2*1H4. The van der Waals surface area contributed by atoms with Crippen LogP contribution >= 0.6 is 0 Å². The molecule has 0 saturated carbocycles. The lowest BCUT2D eigenvalue weighted by molar-refractivity contribution is -0.169. The van der Waals surface area contributed by atoms with Crippen molar-refractivity contribution in [1.82, 2.24) is 0 Å². The van der Waals surface area contributed by atoms with Gasteiger partial charge < -0.3 is 14.6 Å². The highest BCUT2D eigenvalue weighted by Crippen LogP contribution is 2.35. The van der Waals surface area contributed by atoms with Crippen LogP contribution in [0.2, 0.25) is 0 Å². The summed E-state index contributed by atoms with van der Waals surface area (Å²) in [4.78, 5) is 11.9. The van der Waals surface area contributed by atoms with Gasteiger partial charge >= 0.3 is 5.97 Å². The third-order valence-electron chi connectivity index (χ3n) is 3.17. The van der Waals surface area contributed by atoms with Gasteiger partial charge in [-0.05, 0) is 34.1 Å². The number of rotatable bonds is 3. The molecule has 0 bridgehead atoms. The number of ether oxygens (including phenoxy) is 2. The molecule has 1 N–H and O–H groups in total. The lowest BCUT2D eigenvalue weighted by Gasteiger charge is -2.29. The zero-order valence-corrected chi connectivity index (χ0v) is 10.8. The molecule has 1 fully saturated rings. The fourth-order valence-electron chi connectivity index (χ4n) is 1.68. The minimum absolute atomic E-state index is 0. The van der Waals surface area contributed by atoms with Gasteiger partial charge in [-0.3, -0.25) is 4.79 Å². The second-order valence-electron chi connectivity index (χ2n) is 5.72. The molecule has 0 aromatic rings. The van der Waals surface area contributed by atoms with E-state index in [1.807, 2.05) is 20.8 Å². The van der Waals surface area contributed by atoms with Crippen LogP contribution in [0.15, 0.2) is 0 Å². The SMILES string of the molecule is C.C.CCC(C)(C)C(=O)OC1(C)COC(C)(O)C1. The highest BCUT2D eigenvalue weighted by molar-refractivity contribution is 5.76. The van der Waals surface area contributed by atoms with E-state index in [-0.39, 0.29) is 27.4 Å². The largest absolute Gasteiger partial charge is 0.456 e. The minimum Gasteiger partial charge on any atom is -0.456 e. The number of carbonyl (C=O) groups is 1. The van der Waals surface area contributed by atoms with Crippen LogP contribution in [0.1, 0.15) is 62.3 Å². The third-order valence-corrected chi connectivity index (χ3v) is 3.17. The van der Waals surface area contributed by atoms with Gasteiger partial charge in [-0.2, -0.15) is 0 Å². The van der Waals surface area contributed by atoms with Gasteiger partial charge in [0.15, 0.2) is 5.79 Å². The Morgan fingerprint density at radius 3 is 2.22 bits per heavy atom. The summed E-state index contributed by atoms with van der Waals surface area (Å²) >= 11 is 0. The van der Waals surface area contributed by atoms with Crippen molar-refractivity contribution in [3.8, 4) is 0 Å². The molecule has 110 valence electrons. The highest BCUT2D eigenvalue weighted by atomic mass is 16.7. The number of hydrogen-bond acceptors (Lipinski definition) is 4. The van der Waals surface area contributed by atoms with Crippen molar-refractivity contribution in [3.05, 3.63) is 0 Å². The summed E-state index contributed by atoms with van der Waals surface area (Å²) in [6.45, 7) is 9.27. The van der Waals surface area contributed by atoms with Crippen molar-refractivity contribution >= 4 is 5.97 Å². The van der Waals surface area contributed by atoms with Gasteiger partial charge in [-0.25, -0.2) is 0 Å². The van der Waals surface area contributed by atoms with E-state index in [1.165, 1.54) is 0 Å². The van der Waals surface area contributed by atoms with Crippen molar-refractivity contribution in [2.45, 2.75) is 73.7 Å². The van der Waals surface area contributed by atoms with E-state index in [1.54, 1.807) is 13.8 Å². The van der Waals surface area contributed by atoms with Gasteiger partial charge in [0.05, 0.1) is 12.0 Å². The van der Waals surface area contributed by atoms with Crippen LogP contribution in [-0.4, -0.2) is 29.1 Å². The summed E-state index contributed by atoms with van der Waals surface area (Å²) in [5.41, 5.74) is -1.20. The maximum atomic E-state index is 11.9. The molecule has 1 aliphatic heterocycles. The summed E-state index contributed by atoms with van der Waals surface area (Å²) < 4.78 is 10.6. The summed E-state index contributed by atoms with van der Waals surface area (Å²) in [6, 6.07) is 0. The van der Waals surface area contributed by atoms with Crippen LogP contribution in [0, 0.1) is 5.41 Å². The molecule has 4 nitrogen and oxygen atoms in total. The molecular weight excluding hydrogens is 232 g/mol. The molecule has 18 heavy (non-hydrogen) atoms. The predicted molar refractivity (Wildman–Crippen MR) is 73.2 cm³/mol. The van der Waals surface area contributed by atoms with Crippen LogP contribution in [0.5, 0.6) is 0 Å². The second-order valence-corrected chi connectivity index (χ2v) is 5.72. The first kappa shape index (κ1) is 19.7. The second kappa shape index (κ2) is 6.02. The number of carbonyl (C=O) groups excluding carboxylic acids is 1. The molecule has 0 spiro atoms. The number of hydrogen-bond donors (Lipinski definition) is 1. The first-order valence-corrected chi connectivity index (χ1v) is 5.70. The molecule has 0 aromatic heterocycles. The molecule has 0 amide bonds. The van der Waals surface area contributed by atoms with Crippen LogP contribution in [0.3, 0.4) is 0 Å². The molecular formula is C14H30O4. The Morgan fingerprint density at radius 2 is 1.89 bits per heavy atom. The molecule has 2 unspecified atom stereocenters. The van der Waals surface area contributed by atoms with Gasteiger partial charge in [-0.1, -0.05) is 21.8 Å². The number of esters is 1. The van der Waals surface area contributed by atoms with Crippen molar-refractivity contribution in [1.29, 1.82) is 0 Å². The molecule has 1 aliphatic rings. The van der Waals surface area contributed by atoms with E-state index in [0.29, 0.717) is 6.42 Å². The fraction of sp³-hybridized carbons (Fsp3) is 0.929. The van der Waals surface area contributed by atoms with Gasteiger partial charge in [0, 0.05) is 6.42 Å². The zero-order chi connectivity index (χ0) is 12.6. The monoisotopic (exact) mass is 262 g/mol. The smallest absolute Gasteiger partial charge is 0.312 e. The minimum atomic E-state index is -1.19. The summed E-state index contributed by atoms with van der Waals surface area (Å²) in [5.74, 6) is -1.43. The van der Waals surface area contributed by atoms with E-state index in [9.17, 15) is 9.90 Å². The van der Waals surface area contributed by atoms with E-state index in [4.69, 9.17) is 9.47 Å². The summed E-state index contributed by atoms with van der Waals surface area (Å²) in [5, 5.41) is 9.69. The van der Waals surface area contributed by atoms with E-state index < -0.39 is 16.8 Å². The Labute approximate surface area is 112 Å². The third kappa shape index (κ3) is 4.58. The van der Waals surface area contributed by atoms with Crippen molar-refractivity contribution < 1.29 is 19.4 Å². The summed E-state index contributed by atoms with van der Waals surface area (Å²) in [6.07, 6.45) is 1.03. The Balaban J connectivity index is 0. The van der Waals surface area contributed by atoms with E-state index >= 15 is 0 Å². The van der Waals surface area contributed by atoms with Crippen molar-refractivity contribution in [2.75, 3.05) is 6.61 Å². The first-order valence-electron chi connectivity index (χ1n) is 5.70. The quantitative estimate of drug-likeness (QED) is 0.794. The molecule has 1 rings (SSSR count). The average Bonchev–Trinajstić information content (AvgIpc) is 2.40. The van der Waals surface area contributed by atoms with Crippen LogP contribution < -0.4 is 0 Å². The van der Waals surface area contributed by atoms with Crippen molar-refractivity contribution in [3.63, 3.8) is 0 Å². The molecule has 0 radical (unpaired) electrons. The molecule has 0 aromatic carbocycles. The Bertz CT molecular complexity index is 284. The lowest BCUT2D eigenvalue weighted by Crippen LogP contribution is -2.38. The molecule has 1 heterocycles. The fourth-order valence-corrected chi connectivity index (χ4v) is 1.68. The molecule has 2 atom stereocenters. The van der Waals surface area contributed by atoms with Crippen molar-refractivity contribution in [2.24, 2.45) is 5.41 Å². The number of aliphatic hydroxyl groups is 1. The average molecular weight is 262 g/mol. The van der Waals surface area contributed by atoms with Crippen LogP contribution in [0.25, 0.3) is 0 Å². The lowest BCUT2D eigenvalue weighted by atomic mass is 9.90. The Kier molecular flexibility index (Phi) is 6.60. The van der Waals surface area contributed by atoms with Gasteiger partial charge in [0.25, 0.3) is 0 Å². The van der Waals surface area contributed by atoms with E-state index in [2.05, 4.69) is 0 Å². The summed E-state index contributed by atoms with van der Waals surface area (Å²) in [7, 11) is 0. The first-order chi connectivity index (χ1) is 7.10. The van der Waals surface area contributed by atoms with Gasteiger partial charge in [0.2, 0.25) is 0 Å². The topological polar surface area (TPSA) is 55.8 Å². The maximum Gasteiger partial charge on any atom is 0.312 e. The Hall–Kier alpha value is -0.610. The Morgan fingerprint density at radius 1 is 1.39 bits per heavy atom. The molecule has 1 saturated heterocycles. The van der Waals surface area contributed by atoms with Gasteiger partial charge in [-0.15, -0.1) is 0 Å². The van der Waals surface area contributed by atoms with Gasteiger partial charge in [0.1, 0.15) is 5.60 Å². The normalized spacial score (nSPS) is 31.2. The zero-order valence-electron chi connectivity index (χ0n) is 10.8. The van der Waals surface area contributed by atoms with E-state index in [0.717, 1.165) is 6.42 Å². The highest BCUT2D eigenvalue weighted by Gasteiger charge is 2.47. The molecule has 4 heteroatoms. The molecule has 0 aliphatic carbocycles. The van der Waals surface area contributed by atoms with Crippen LogP contribution in [-0.2, 0) is 14.3 Å².